The molecule has 1 aromatic rings. The average Bonchev–Trinajstić information content (AvgIpc) is 2.88. The van der Waals surface area contributed by atoms with Gasteiger partial charge in [0.2, 0.25) is 0 Å². The van der Waals surface area contributed by atoms with E-state index in [1.807, 2.05) is 12.1 Å². The van der Waals surface area contributed by atoms with E-state index < -0.39 is 6.09 Å². The summed E-state index contributed by atoms with van der Waals surface area (Å²) >= 11 is 0. The normalized spacial score (nSPS) is 18.9. The van der Waals surface area contributed by atoms with Crippen molar-refractivity contribution >= 4 is 6.09 Å². The number of nitrogens with one attached hydrogen (secondary N) is 1. The van der Waals surface area contributed by atoms with Gasteiger partial charge in [-0.05, 0) is 30.5 Å². The monoisotopic (exact) mass is 236 g/mol. The topological polar surface area (TPSA) is 60.5 Å². The molecule has 1 unspecified atom stereocenters. The van der Waals surface area contributed by atoms with Crippen molar-refractivity contribution in [3.8, 4) is 0 Å². The van der Waals surface area contributed by atoms with E-state index in [-0.39, 0.29) is 12.7 Å². The quantitative estimate of drug-likeness (QED) is 0.860. The summed E-state index contributed by atoms with van der Waals surface area (Å²) in [4.78, 5) is 15.3. The highest BCUT2D eigenvalue weighted by Crippen LogP contribution is 2.10. The fraction of sp³-hybridized carbons (Fsp3) is 0.500. The largest absolute Gasteiger partial charge is 0.445 e. The first kappa shape index (κ1) is 11.9. The molecule has 1 aliphatic rings. The highest BCUT2D eigenvalue weighted by Gasteiger charge is 2.16. The van der Waals surface area contributed by atoms with Gasteiger partial charge in [-0.25, -0.2) is 4.79 Å². The molecule has 1 amide bonds. The van der Waals surface area contributed by atoms with Crippen LogP contribution in [0.2, 0.25) is 0 Å². The molecular formula is C12H16N2O3. The maximum Gasteiger partial charge on any atom is 0.407 e. The number of ether oxygens (including phenoxy) is 2. The Morgan fingerprint density at radius 2 is 2.35 bits per heavy atom. The Kier molecular flexibility index (Phi) is 4.32. The van der Waals surface area contributed by atoms with Gasteiger partial charge in [0, 0.05) is 25.5 Å². The molecule has 1 N–H and O–H groups in total. The first-order valence-electron chi connectivity index (χ1n) is 5.76. The van der Waals surface area contributed by atoms with Crippen LogP contribution in [0.5, 0.6) is 0 Å². The summed E-state index contributed by atoms with van der Waals surface area (Å²) in [7, 11) is 0. The summed E-state index contributed by atoms with van der Waals surface area (Å²) in [5.74, 6) is 0. The summed E-state index contributed by atoms with van der Waals surface area (Å²) in [6.07, 6.45) is 5.15. The Balaban J connectivity index is 1.64. The molecule has 0 spiro atoms. The summed E-state index contributed by atoms with van der Waals surface area (Å²) in [5.41, 5.74) is 0.923. The van der Waals surface area contributed by atoms with Crippen LogP contribution in [0.25, 0.3) is 0 Å². The van der Waals surface area contributed by atoms with Crippen LogP contribution in [-0.2, 0) is 16.1 Å². The van der Waals surface area contributed by atoms with Gasteiger partial charge in [0.15, 0.2) is 0 Å². The van der Waals surface area contributed by atoms with Gasteiger partial charge in [-0.1, -0.05) is 0 Å². The molecule has 1 fully saturated rings. The first-order valence-corrected chi connectivity index (χ1v) is 5.76. The number of hydrogen-bond acceptors (Lipinski definition) is 4. The van der Waals surface area contributed by atoms with Crippen LogP contribution in [0.3, 0.4) is 0 Å². The fourth-order valence-electron chi connectivity index (χ4n) is 1.68. The molecule has 2 rings (SSSR count). The van der Waals surface area contributed by atoms with Gasteiger partial charge in [0.05, 0.1) is 6.10 Å². The standard InChI is InChI=1S/C12H16N2O3/c15-12(14-8-11-2-1-7-16-11)17-9-10-3-5-13-6-4-10/h3-6,11H,1-2,7-9H2,(H,14,15). The average molecular weight is 236 g/mol. The zero-order valence-electron chi connectivity index (χ0n) is 9.59. The smallest absolute Gasteiger partial charge is 0.407 e. The van der Waals surface area contributed by atoms with E-state index in [2.05, 4.69) is 10.3 Å². The van der Waals surface area contributed by atoms with Crippen molar-refractivity contribution in [2.24, 2.45) is 0 Å². The second kappa shape index (κ2) is 6.20. The van der Waals surface area contributed by atoms with Crippen LogP contribution in [-0.4, -0.2) is 30.3 Å². The molecule has 17 heavy (non-hydrogen) atoms. The van der Waals surface area contributed by atoms with E-state index >= 15 is 0 Å². The van der Waals surface area contributed by atoms with Crippen molar-refractivity contribution in [3.05, 3.63) is 30.1 Å². The molecule has 1 saturated heterocycles. The predicted molar refractivity (Wildman–Crippen MR) is 61.4 cm³/mol. The molecule has 1 aliphatic heterocycles. The van der Waals surface area contributed by atoms with E-state index in [0.717, 1.165) is 25.0 Å². The van der Waals surface area contributed by atoms with Crippen LogP contribution in [0, 0.1) is 0 Å². The Hall–Kier alpha value is -1.62. The molecule has 1 atom stereocenters. The Bertz CT molecular complexity index is 350. The first-order chi connectivity index (χ1) is 8.34. The van der Waals surface area contributed by atoms with Gasteiger partial charge in [0.1, 0.15) is 6.61 Å². The molecule has 92 valence electrons. The minimum atomic E-state index is -0.405. The van der Waals surface area contributed by atoms with Crippen molar-refractivity contribution in [2.75, 3.05) is 13.2 Å². The molecular weight excluding hydrogens is 220 g/mol. The minimum Gasteiger partial charge on any atom is -0.445 e. The Labute approximate surface area is 100 Å². The second-order valence-corrected chi connectivity index (χ2v) is 3.95. The number of amides is 1. The van der Waals surface area contributed by atoms with E-state index in [4.69, 9.17) is 9.47 Å². The third kappa shape index (κ3) is 4.03. The van der Waals surface area contributed by atoms with E-state index in [0.29, 0.717) is 6.54 Å². The van der Waals surface area contributed by atoms with Crippen molar-refractivity contribution in [3.63, 3.8) is 0 Å². The number of nitrogens with zero attached hydrogens (tertiary/aromatic N) is 1. The van der Waals surface area contributed by atoms with Gasteiger partial charge in [-0.2, -0.15) is 0 Å². The summed E-state index contributed by atoms with van der Waals surface area (Å²) < 4.78 is 10.4. The summed E-state index contributed by atoms with van der Waals surface area (Å²) in [6, 6.07) is 3.63. The van der Waals surface area contributed by atoms with Crippen LogP contribution in [0.15, 0.2) is 24.5 Å². The second-order valence-electron chi connectivity index (χ2n) is 3.95. The lowest BCUT2D eigenvalue weighted by atomic mass is 10.2. The zero-order chi connectivity index (χ0) is 11.9. The number of alkyl carbamates (subject to hydrolysis) is 1. The van der Waals surface area contributed by atoms with Gasteiger partial charge in [-0.15, -0.1) is 0 Å². The SMILES string of the molecule is O=C(NCC1CCCO1)OCc1ccncc1. The van der Waals surface area contributed by atoms with E-state index in [1.54, 1.807) is 12.4 Å². The number of pyridine rings is 1. The van der Waals surface area contributed by atoms with Crippen LogP contribution >= 0.6 is 0 Å². The maximum absolute atomic E-state index is 11.4. The number of hydrogen-bond donors (Lipinski definition) is 1. The van der Waals surface area contributed by atoms with Gasteiger partial charge in [0.25, 0.3) is 0 Å². The molecule has 0 bridgehead atoms. The third-order valence-corrected chi connectivity index (χ3v) is 2.62. The molecule has 5 heteroatoms. The fourth-order valence-corrected chi connectivity index (χ4v) is 1.68. The lowest BCUT2D eigenvalue weighted by molar-refractivity contribution is 0.0997. The van der Waals surface area contributed by atoms with Crippen molar-refractivity contribution in [1.82, 2.24) is 10.3 Å². The Morgan fingerprint density at radius 1 is 1.53 bits per heavy atom. The number of aromatic nitrogens is 1. The minimum absolute atomic E-state index is 0.142. The predicted octanol–water partition coefficient (Wildman–Crippen LogP) is 1.49. The Morgan fingerprint density at radius 3 is 3.06 bits per heavy atom. The molecule has 0 aliphatic carbocycles. The zero-order valence-corrected chi connectivity index (χ0v) is 9.59. The molecule has 0 aromatic carbocycles. The van der Waals surface area contributed by atoms with Crippen LogP contribution < -0.4 is 5.32 Å². The van der Waals surface area contributed by atoms with Crippen LogP contribution in [0.1, 0.15) is 18.4 Å². The van der Waals surface area contributed by atoms with E-state index in [1.165, 1.54) is 0 Å². The molecule has 0 saturated carbocycles. The molecule has 0 radical (unpaired) electrons. The van der Waals surface area contributed by atoms with Gasteiger partial charge in [-0.3, -0.25) is 4.98 Å². The lowest BCUT2D eigenvalue weighted by Gasteiger charge is -2.11. The maximum atomic E-state index is 11.4. The van der Waals surface area contributed by atoms with Crippen molar-refractivity contribution in [2.45, 2.75) is 25.6 Å². The number of carbonyl (C=O) groups excluding carboxylic acids is 1. The summed E-state index contributed by atoms with van der Waals surface area (Å²) in [5, 5.41) is 2.69. The van der Waals surface area contributed by atoms with Gasteiger partial charge < -0.3 is 14.8 Å². The highest BCUT2D eigenvalue weighted by molar-refractivity contribution is 5.67. The van der Waals surface area contributed by atoms with E-state index in [9.17, 15) is 4.79 Å². The molecule has 5 nitrogen and oxygen atoms in total. The number of rotatable bonds is 4. The van der Waals surface area contributed by atoms with Gasteiger partial charge >= 0.3 is 6.09 Å². The lowest BCUT2D eigenvalue weighted by Crippen LogP contribution is -2.32. The van der Waals surface area contributed by atoms with Crippen molar-refractivity contribution in [1.29, 1.82) is 0 Å². The number of carbonyl (C=O) groups is 1. The summed E-state index contributed by atoms with van der Waals surface area (Å²) in [6.45, 7) is 1.58. The molecule has 2 heterocycles. The van der Waals surface area contributed by atoms with Crippen LogP contribution in [0.4, 0.5) is 4.79 Å². The third-order valence-electron chi connectivity index (χ3n) is 2.62. The highest BCUT2D eigenvalue weighted by atomic mass is 16.5. The van der Waals surface area contributed by atoms with Crippen molar-refractivity contribution < 1.29 is 14.3 Å². The molecule has 1 aromatic heterocycles.